The van der Waals surface area contributed by atoms with Crippen molar-refractivity contribution in [1.82, 2.24) is 15.1 Å². The van der Waals surface area contributed by atoms with Crippen LogP contribution < -0.4 is 5.32 Å². The average molecular weight is 1180 g/mol. The lowest BCUT2D eigenvalue weighted by Gasteiger charge is -2.40. The molecular formula is C56H75F3N6O12S3. The van der Waals surface area contributed by atoms with E-state index in [2.05, 4.69) is 15.3 Å². The quantitative estimate of drug-likeness (QED) is 0.170. The molecule has 0 aliphatic carbocycles. The number of aliphatic imine (C=N–C) groups is 3. The third kappa shape index (κ3) is 14.3. The van der Waals surface area contributed by atoms with Gasteiger partial charge in [0.15, 0.2) is 27.1 Å². The third-order valence-electron chi connectivity index (χ3n) is 14.5. The van der Waals surface area contributed by atoms with Gasteiger partial charge in [-0.2, -0.15) is 0 Å². The minimum atomic E-state index is -1.09. The Balaban J connectivity index is 0.000000145. The van der Waals surface area contributed by atoms with Gasteiger partial charge in [-0.05, 0) is 102 Å². The Morgan fingerprint density at radius 3 is 1.38 bits per heavy atom. The summed E-state index contributed by atoms with van der Waals surface area (Å²) in [6.07, 6.45) is -5.03. The molecule has 8 heterocycles. The van der Waals surface area contributed by atoms with Crippen LogP contribution in [-0.4, -0.2) is 190 Å². The van der Waals surface area contributed by atoms with Gasteiger partial charge in [0.2, 0.25) is 0 Å². The molecular weight excluding hydrogens is 1100 g/mol. The molecule has 80 heavy (non-hydrogen) atoms. The lowest BCUT2D eigenvalue weighted by molar-refractivity contribution is -0.193. The van der Waals surface area contributed by atoms with E-state index in [0.29, 0.717) is 13.2 Å². The van der Waals surface area contributed by atoms with Crippen LogP contribution in [0, 0.1) is 17.5 Å². The Morgan fingerprint density at radius 1 is 0.550 bits per heavy atom. The molecule has 3 N–H and O–H groups in total. The fourth-order valence-corrected chi connectivity index (χ4v) is 13.8. The maximum Gasteiger partial charge on any atom is 0.164 e. The summed E-state index contributed by atoms with van der Waals surface area (Å²) in [5.74, 6) is -2.18. The Hall–Kier alpha value is -3.57. The van der Waals surface area contributed by atoms with Gasteiger partial charge in [0.05, 0.1) is 44.2 Å². The van der Waals surface area contributed by atoms with Crippen molar-refractivity contribution in [2.75, 3.05) is 35.2 Å². The number of rotatable bonds is 12. The van der Waals surface area contributed by atoms with Gasteiger partial charge in [0.1, 0.15) is 101 Å². The van der Waals surface area contributed by atoms with Gasteiger partial charge in [-0.15, -0.1) is 0 Å². The second-order valence-electron chi connectivity index (χ2n) is 22.1. The number of hydrogen-bond donors (Lipinski definition) is 3. The lowest BCUT2D eigenvalue weighted by atomic mass is 9.95. The van der Waals surface area contributed by atoms with E-state index in [-0.39, 0.29) is 101 Å². The molecule has 0 bridgehead atoms. The number of nitrogens with zero attached hydrogens (tertiary/aromatic N) is 5. The van der Waals surface area contributed by atoms with E-state index in [4.69, 9.17) is 52.4 Å². The van der Waals surface area contributed by atoms with E-state index in [9.17, 15) is 23.4 Å². The van der Waals surface area contributed by atoms with E-state index in [1.54, 1.807) is 73.9 Å². The second-order valence-corrected chi connectivity index (χ2v) is 25.3. The molecule has 8 aliphatic rings. The highest BCUT2D eigenvalue weighted by Crippen LogP contribution is 2.47. The SMILES string of the molecule is CN=C1N[C@@H]2[C@H]3OC(C)(C)O[C@@H]3[C@@H]([C@H](C)OCc3ccc(F)cc3)O[C@@H]2S1.C[C@H](OCc1ccc(F)cc1)[C@H]1O[C@@H]2SC(N(C)[11CH3])=N[C@@H]2[C@@H](O)[C@@H]1O.C[C@H](OCc1ccc(F)cc1)[C@H]1O[C@@H]2SC(N(C)[11CH3])=N[C@@H]2[C@H]2OC(C)(C)O[C@@H]21. The highest BCUT2D eigenvalue weighted by atomic mass is 32.2. The molecule has 0 spiro atoms. The maximum absolute atomic E-state index is 13.1. The molecule has 24 heteroatoms. The number of aliphatic hydroxyl groups is 2. The minimum Gasteiger partial charge on any atom is -0.388 e. The summed E-state index contributed by atoms with van der Waals surface area (Å²) >= 11 is 4.61. The standard InChI is InChI=1S/C20H27FN2O4S.C19H25FN2O4S.C17H23FN2O4S/c1-11(24-10-12-6-8-13(21)9-7-12)15-17-16(26-20(2,3)27-17)14-18(25-15)28-19(22-14)23(4)5;1-10(23-9-11-5-7-12(20)8-6-11)14-16-15(25-19(2,3)26-16)13-17(24-14)27-18(21-4)22-13;1-9(23-8-10-4-6-11(18)7-5-10)15-14(22)13(21)12-16(24-15)25-17(19-12)20(2)3/h6-9,11,14-18H,10H2,1-5H3;5-8,10,13-17H,9H2,1-4H3,(H,21,22);4-7,9,12-16,21-22H,8H2,1-3H3/t11-,14+,15+,16+,17+,18+;10-,13+,14+,15+,16+,17+;9-,12+,13+,14-,15+,16+/m000/s1/i4-1;;2-1. The van der Waals surface area contributed by atoms with Crippen LogP contribution in [0.5, 0.6) is 0 Å². The van der Waals surface area contributed by atoms with Gasteiger partial charge in [-0.3, -0.25) is 15.0 Å². The Morgan fingerprint density at radius 2 is 0.925 bits per heavy atom. The number of thioether (sulfide) groups is 3. The summed E-state index contributed by atoms with van der Waals surface area (Å²) in [6.45, 7) is 14.4. The van der Waals surface area contributed by atoms with Crippen LogP contribution in [0.1, 0.15) is 65.2 Å². The summed E-state index contributed by atoms with van der Waals surface area (Å²) in [4.78, 5) is 17.3. The number of aliphatic hydroxyl groups excluding tert-OH is 2. The molecule has 0 unspecified atom stereocenters. The number of ether oxygens (including phenoxy) is 10. The van der Waals surface area contributed by atoms with Crippen molar-refractivity contribution in [2.45, 2.75) is 188 Å². The molecule has 8 aliphatic heterocycles. The van der Waals surface area contributed by atoms with E-state index in [0.717, 1.165) is 32.2 Å². The number of fused-ring (bicyclic) bond motifs is 7. The van der Waals surface area contributed by atoms with E-state index < -0.39 is 42.0 Å². The van der Waals surface area contributed by atoms with Crippen LogP contribution in [-0.2, 0) is 67.2 Å². The summed E-state index contributed by atoms with van der Waals surface area (Å²) in [6, 6.07) is 18.1. The summed E-state index contributed by atoms with van der Waals surface area (Å²) in [5.41, 5.74) is 2.07. The lowest BCUT2D eigenvalue weighted by Crippen LogP contribution is -2.60. The van der Waals surface area contributed by atoms with Crippen molar-refractivity contribution in [2.24, 2.45) is 15.0 Å². The molecule has 0 amide bonds. The fraction of sp³-hybridized carbons (Fsp3) is 0.625. The molecule has 18 atom stereocenters. The van der Waals surface area contributed by atoms with Crippen molar-refractivity contribution in [1.29, 1.82) is 0 Å². The van der Waals surface area contributed by atoms with Gasteiger partial charge >= 0.3 is 0 Å². The number of nitrogens with one attached hydrogen (secondary N) is 1. The number of halogens is 3. The van der Waals surface area contributed by atoms with Crippen molar-refractivity contribution < 1.29 is 70.8 Å². The first-order valence-electron chi connectivity index (χ1n) is 26.8. The van der Waals surface area contributed by atoms with Crippen LogP contribution in [0.2, 0.25) is 0 Å². The largest absolute Gasteiger partial charge is 0.388 e. The summed E-state index contributed by atoms with van der Waals surface area (Å²) in [7, 11) is 9.45. The monoisotopic (exact) mass is 1170 g/mol. The number of hydrogen-bond acceptors (Lipinski definition) is 20. The van der Waals surface area contributed by atoms with Gasteiger partial charge in [0, 0.05) is 35.2 Å². The van der Waals surface area contributed by atoms with Crippen LogP contribution in [0.15, 0.2) is 87.8 Å². The van der Waals surface area contributed by atoms with Gasteiger partial charge in [-0.1, -0.05) is 71.7 Å². The normalized spacial score (nSPS) is 34.8. The fourth-order valence-electron chi connectivity index (χ4n) is 10.4. The molecule has 18 nitrogen and oxygen atoms in total. The zero-order valence-corrected chi connectivity index (χ0v) is 49.5. The highest BCUT2D eigenvalue weighted by Gasteiger charge is 2.60. The Labute approximate surface area is 479 Å². The van der Waals surface area contributed by atoms with Crippen molar-refractivity contribution in [3.63, 3.8) is 0 Å². The van der Waals surface area contributed by atoms with E-state index in [1.165, 1.54) is 48.2 Å². The molecule has 6 saturated heterocycles. The predicted octanol–water partition coefficient (Wildman–Crippen LogP) is 6.89. The van der Waals surface area contributed by atoms with Crippen LogP contribution in [0.25, 0.3) is 0 Å². The van der Waals surface area contributed by atoms with Crippen molar-refractivity contribution in [3.05, 3.63) is 107 Å². The molecule has 11 rings (SSSR count). The second kappa shape index (κ2) is 25.7. The predicted molar refractivity (Wildman–Crippen MR) is 300 cm³/mol. The Bertz CT molecular complexity index is 2650. The summed E-state index contributed by atoms with van der Waals surface area (Å²) in [5, 5.41) is 26.8. The zero-order chi connectivity index (χ0) is 57.4. The summed E-state index contributed by atoms with van der Waals surface area (Å²) < 4.78 is 100. The molecule has 3 aromatic rings. The molecule has 6 fully saturated rings. The maximum atomic E-state index is 13.1. The zero-order valence-electron chi connectivity index (χ0n) is 47.0. The van der Waals surface area contributed by atoms with Crippen LogP contribution in [0.3, 0.4) is 0 Å². The van der Waals surface area contributed by atoms with Gasteiger partial charge in [0.25, 0.3) is 0 Å². The molecule has 0 radical (unpaired) electrons. The number of benzene rings is 3. The third-order valence-corrected chi connectivity index (χ3v) is 18.3. The molecule has 3 aromatic carbocycles. The van der Waals surface area contributed by atoms with Crippen LogP contribution in [0.4, 0.5) is 13.2 Å². The van der Waals surface area contributed by atoms with Crippen molar-refractivity contribution in [3.8, 4) is 0 Å². The Kier molecular flexibility index (Phi) is 19.6. The minimum absolute atomic E-state index is 0.0129. The molecule has 440 valence electrons. The molecule has 0 aromatic heterocycles. The smallest absolute Gasteiger partial charge is 0.164 e. The first-order valence-corrected chi connectivity index (χ1v) is 29.5. The van der Waals surface area contributed by atoms with Crippen LogP contribution >= 0.6 is 35.3 Å². The van der Waals surface area contributed by atoms with E-state index >= 15 is 0 Å². The molecule has 0 saturated carbocycles. The first-order chi connectivity index (χ1) is 38.0. The number of amidine groups is 3. The first kappa shape index (κ1) is 61.0. The van der Waals surface area contributed by atoms with Crippen molar-refractivity contribution >= 4 is 50.8 Å². The van der Waals surface area contributed by atoms with E-state index in [1.807, 2.05) is 79.5 Å². The topological polar surface area (TPSA) is 188 Å². The average Bonchev–Trinajstić information content (AvgIpc) is 4.31. The van der Waals surface area contributed by atoms with Gasteiger partial charge < -0.3 is 72.7 Å². The van der Waals surface area contributed by atoms with Gasteiger partial charge in [-0.25, -0.2) is 13.2 Å². The highest BCUT2D eigenvalue weighted by molar-refractivity contribution is 8.15.